The lowest BCUT2D eigenvalue weighted by Gasteiger charge is -2.37. The third-order valence-corrected chi connectivity index (χ3v) is 5.32. The number of hydrogen-bond donors (Lipinski definition) is 1. The van der Waals surface area contributed by atoms with Crippen molar-refractivity contribution in [2.24, 2.45) is 0 Å². The van der Waals surface area contributed by atoms with Crippen molar-refractivity contribution in [2.45, 2.75) is 24.8 Å². The zero-order valence-corrected chi connectivity index (χ0v) is 13.0. The minimum Gasteiger partial charge on any atom is -0.379 e. The summed E-state index contributed by atoms with van der Waals surface area (Å²) in [6.07, 6.45) is 2.31. The van der Waals surface area contributed by atoms with E-state index in [0.29, 0.717) is 12.0 Å². The van der Waals surface area contributed by atoms with Gasteiger partial charge in [-0.1, -0.05) is 41.9 Å². The number of nitrogens with one attached hydrogen (secondary N) is 1. The van der Waals surface area contributed by atoms with Gasteiger partial charge >= 0.3 is 0 Å². The van der Waals surface area contributed by atoms with E-state index in [-0.39, 0.29) is 0 Å². The summed E-state index contributed by atoms with van der Waals surface area (Å²) in [7, 11) is 0. The molecule has 1 aliphatic rings. The van der Waals surface area contributed by atoms with Gasteiger partial charge in [-0.3, -0.25) is 0 Å². The first-order valence-corrected chi connectivity index (χ1v) is 8.40. The lowest BCUT2D eigenvalue weighted by Crippen LogP contribution is -2.34. The number of anilines is 1. The largest absolute Gasteiger partial charge is 0.379 e. The van der Waals surface area contributed by atoms with E-state index in [0.717, 1.165) is 29.1 Å². The van der Waals surface area contributed by atoms with Crippen molar-refractivity contribution in [1.82, 2.24) is 4.98 Å². The van der Waals surface area contributed by atoms with Gasteiger partial charge in [0.15, 0.2) is 0 Å². The molecule has 0 amide bonds. The van der Waals surface area contributed by atoms with Crippen molar-refractivity contribution in [3.8, 4) is 0 Å². The van der Waals surface area contributed by atoms with Crippen molar-refractivity contribution >= 4 is 38.8 Å². The Balaban J connectivity index is 1.50. The second-order valence-electron chi connectivity index (χ2n) is 5.54. The topological polar surface area (TPSA) is 24.9 Å². The molecule has 4 heteroatoms. The maximum absolute atomic E-state index is 6.34. The Kier molecular flexibility index (Phi) is 3.32. The summed E-state index contributed by atoms with van der Waals surface area (Å²) < 4.78 is 1.18. The number of thiazole rings is 1. The molecule has 1 aliphatic carbocycles. The number of aromatic nitrogens is 1. The summed E-state index contributed by atoms with van der Waals surface area (Å²) in [5.74, 6) is 0.664. The van der Waals surface area contributed by atoms with Crippen LogP contribution < -0.4 is 5.32 Å². The summed E-state index contributed by atoms with van der Waals surface area (Å²) >= 11 is 7.99. The second kappa shape index (κ2) is 5.32. The molecule has 0 atom stereocenters. The highest BCUT2D eigenvalue weighted by molar-refractivity contribution is 7.16. The molecule has 106 valence electrons. The lowest BCUT2D eigenvalue weighted by molar-refractivity contribution is 0.374. The Morgan fingerprint density at radius 2 is 1.90 bits per heavy atom. The van der Waals surface area contributed by atoms with Crippen molar-refractivity contribution < 1.29 is 0 Å². The molecule has 3 aromatic rings. The van der Waals surface area contributed by atoms with Crippen LogP contribution in [0.2, 0.25) is 5.02 Å². The standard InChI is InChI=1S/C17H15ClN2S/c18-14-6-7-15-17(19-10-21-15)16(14)20-13-8-12(9-13)11-4-2-1-3-5-11/h1-7,10,12-13,20H,8-9H2. The van der Waals surface area contributed by atoms with Gasteiger partial charge in [0, 0.05) is 6.04 Å². The summed E-state index contributed by atoms with van der Waals surface area (Å²) in [4.78, 5) is 4.44. The molecule has 2 aromatic carbocycles. The SMILES string of the molecule is Clc1ccc2scnc2c1NC1CC(c2ccccc2)C1. The smallest absolute Gasteiger partial charge is 0.106 e. The van der Waals surface area contributed by atoms with E-state index >= 15 is 0 Å². The van der Waals surface area contributed by atoms with E-state index in [9.17, 15) is 0 Å². The van der Waals surface area contributed by atoms with Crippen LogP contribution in [0.4, 0.5) is 5.69 Å². The van der Waals surface area contributed by atoms with Gasteiger partial charge in [0.1, 0.15) is 5.52 Å². The fourth-order valence-electron chi connectivity index (χ4n) is 2.98. The Hall–Kier alpha value is -1.58. The summed E-state index contributed by atoms with van der Waals surface area (Å²) in [5.41, 5.74) is 5.30. The van der Waals surface area contributed by atoms with Gasteiger partial charge in [-0.2, -0.15) is 0 Å². The summed E-state index contributed by atoms with van der Waals surface area (Å²) in [5, 5.41) is 4.35. The molecule has 0 spiro atoms. The minimum absolute atomic E-state index is 0.486. The fourth-order valence-corrected chi connectivity index (χ4v) is 3.87. The number of benzene rings is 2. The molecule has 4 rings (SSSR count). The molecule has 1 aromatic heterocycles. The van der Waals surface area contributed by atoms with Crippen LogP contribution >= 0.6 is 22.9 Å². The van der Waals surface area contributed by atoms with Crippen molar-refractivity contribution in [3.05, 3.63) is 58.6 Å². The normalized spacial score (nSPS) is 21.2. The van der Waals surface area contributed by atoms with Crippen LogP contribution in [0.3, 0.4) is 0 Å². The molecule has 1 N–H and O–H groups in total. The number of halogens is 1. The van der Waals surface area contributed by atoms with Gasteiger partial charge in [-0.05, 0) is 36.5 Å². The Labute approximate surface area is 132 Å². The molecule has 21 heavy (non-hydrogen) atoms. The summed E-state index contributed by atoms with van der Waals surface area (Å²) in [6, 6.07) is 15.2. The van der Waals surface area contributed by atoms with Crippen LogP contribution in [-0.2, 0) is 0 Å². The molecule has 0 unspecified atom stereocenters. The maximum Gasteiger partial charge on any atom is 0.106 e. The van der Waals surface area contributed by atoms with E-state index in [4.69, 9.17) is 11.6 Å². The van der Waals surface area contributed by atoms with Gasteiger partial charge in [-0.25, -0.2) is 4.98 Å². The summed E-state index contributed by atoms with van der Waals surface area (Å²) in [6.45, 7) is 0. The molecular formula is C17H15ClN2S. The van der Waals surface area contributed by atoms with E-state index in [1.807, 2.05) is 17.6 Å². The Morgan fingerprint density at radius 3 is 2.71 bits per heavy atom. The van der Waals surface area contributed by atoms with E-state index in [1.54, 1.807) is 11.3 Å². The van der Waals surface area contributed by atoms with Crippen LogP contribution in [-0.4, -0.2) is 11.0 Å². The first-order valence-electron chi connectivity index (χ1n) is 7.14. The van der Waals surface area contributed by atoms with Crippen LogP contribution in [0.1, 0.15) is 24.3 Å². The third kappa shape index (κ3) is 2.41. The number of hydrogen-bond acceptors (Lipinski definition) is 3. The van der Waals surface area contributed by atoms with Gasteiger partial charge in [0.25, 0.3) is 0 Å². The van der Waals surface area contributed by atoms with Crippen LogP contribution in [0, 0.1) is 0 Å². The average Bonchev–Trinajstić information content (AvgIpc) is 2.94. The van der Waals surface area contributed by atoms with Gasteiger partial charge in [0.2, 0.25) is 0 Å². The number of fused-ring (bicyclic) bond motifs is 1. The molecule has 2 nitrogen and oxygen atoms in total. The zero-order valence-electron chi connectivity index (χ0n) is 11.4. The second-order valence-corrected chi connectivity index (χ2v) is 6.84. The maximum atomic E-state index is 6.34. The first-order chi connectivity index (χ1) is 10.3. The highest BCUT2D eigenvalue weighted by Crippen LogP contribution is 2.41. The number of rotatable bonds is 3. The van der Waals surface area contributed by atoms with Gasteiger partial charge in [-0.15, -0.1) is 11.3 Å². The number of nitrogens with zero attached hydrogens (tertiary/aromatic N) is 1. The predicted molar refractivity (Wildman–Crippen MR) is 90.5 cm³/mol. The highest BCUT2D eigenvalue weighted by Gasteiger charge is 2.30. The van der Waals surface area contributed by atoms with Crippen LogP contribution in [0.25, 0.3) is 10.2 Å². The first kappa shape index (κ1) is 13.1. The lowest BCUT2D eigenvalue weighted by atomic mass is 9.76. The molecule has 0 saturated heterocycles. The molecule has 1 saturated carbocycles. The van der Waals surface area contributed by atoms with Crippen molar-refractivity contribution in [3.63, 3.8) is 0 Å². The van der Waals surface area contributed by atoms with Crippen LogP contribution in [0.15, 0.2) is 48.0 Å². The fraction of sp³-hybridized carbons (Fsp3) is 0.235. The van der Waals surface area contributed by atoms with E-state index in [1.165, 1.54) is 10.3 Å². The molecule has 0 aliphatic heterocycles. The quantitative estimate of drug-likeness (QED) is 0.709. The molecule has 0 radical (unpaired) electrons. The molecule has 0 bridgehead atoms. The van der Waals surface area contributed by atoms with E-state index in [2.05, 4.69) is 40.6 Å². The molecule has 1 fully saturated rings. The Morgan fingerprint density at radius 1 is 1.10 bits per heavy atom. The Bertz CT molecular complexity index is 763. The predicted octanol–water partition coefficient (Wildman–Crippen LogP) is 5.31. The van der Waals surface area contributed by atoms with Crippen LogP contribution in [0.5, 0.6) is 0 Å². The van der Waals surface area contributed by atoms with Crippen molar-refractivity contribution in [1.29, 1.82) is 0 Å². The monoisotopic (exact) mass is 314 g/mol. The highest BCUT2D eigenvalue weighted by atomic mass is 35.5. The average molecular weight is 315 g/mol. The van der Waals surface area contributed by atoms with Crippen molar-refractivity contribution in [2.75, 3.05) is 5.32 Å². The zero-order chi connectivity index (χ0) is 14.2. The minimum atomic E-state index is 0.486. The molecule has 1 heterocycles. The third-order valence-electron chi connectivity index (χ3n) is 4.21. The van der Waals surface area contributed by atoms with Gasteiger partial charge < -0.3 is 5.32 Å². The van der Waals surface area contributed by atoms with E-state index < -0.39 is 0 Å². The molecular weight excluding hydrogens is 300 g/mol. The van der Waals surface area contributed by atoms with Gasteiger partial charge in [0.05, 0.1) is 20.9 Å².